The van der Waals surface area contributed by atoms with E-state index in [1.54, 1.807) is 0 Å². The zero-order valence-electron chi connectivity index (χ0n) is 10.7. The molecular formula is C14H20N2O2. The Morgan fingerprint density at radius 2 is 2.17 bits per heavy atom. The van der Waals surface area contributed by atoms with Gasteiger partial charge in [-0.1, -0.05) is 37.3 Å². The minimum absolute atomic E-state index is 0.217. The average Bonchev–Trinajstić information content (AvgIpc) is 2.34. The van der Waals surface area contributed by atoms with Gasteiger partial charge in [-0.3, -0.25) is 0 Å². The predicted molar refractivity (Wildman–Crippen MR) is 70.2 cm³/mol. The fourth-order valence-electron chi connectivity index (χ4n) is 2.06. The van der Waals surface area contributed by atoms with Gasteiger partial charge in [-0.15, -0.1) is 0 Å². The molecule has 0 aromatic heterocycles. The molecule has 4 heteroatoms. The molecule has 1 fully saturated rings. The van der Waals surface area contributed by atoms with E-state index in [1.807, 2.05) is 30.3 Å². The zero-order chi connectivity index (χ0) is 12.8. The minimum Gasteiger partial charge on any atom is -0.445 e. The molecule has 0 bridgehead atoms. The maximum atomic E-state index is 11.7. The number of hydrogen-bond acceptors (Lipinski definition) is 3. The van der Waals surface area contributed by atoms with E-state index in [1.165, 1.54) is 0 Å². The second-order valence-corrected chi connectivity index (χ2v) is 4.64. The summed E-state index contributed by atoms with van der Waals surface area (Å²) in [6.07, 6.45) is 0.616. The van der Waals surface area contributed by atoms with Crippen molar-refractivity contribution in [1.82, 2.24) is 10.6 Å². The minimum atomic E-state index is -0.322. The van der Waals surface area contributed by atoms with E-state index in [0.29, 0.717) is 12.5 Å². The highest BCUT2D eigenvalue weighted by Gasteiger charge is 2.27. The fraction of sp³-hybridized carbons (Fsp3) is 0.500. The summed E-state index contributed by atoms with van der Waals surface area (Å²) in [5, 5.41) is 6.15. The molecular weight excluding hydrogens is 228 g/mol. The van der Waals surface area contributed by atoms with E-state index in [2.05, 4.69) is 17.6 Å². The van der Waals surface area contributed by atoms with Crippen molar-refractivity contribution in [3.8, 4) is 0 Å². The number of alkyl carbamates (subject to hydrolysis) is 1. The molecule has 1 amide bonds. The van der Waals surface area contributed by atoms with Crippen LogP contribution in [-0.4, -0.2) is 25.2 Å². The lowest BCUT2D eigenvalue weighted by molar-refractivity contribution is 0.127. The van der Waals surface area contributed by atoms with Crippen molar-refractivity contribution in [1.29, 1.82) is 0 Å². The highest BCUT2D eigenvalue weighted by molar-refractivity contribution is 5.67. The second-order valence-electron chi connectivity index (χ2n) is 4.64. The third-order valence-corrected chi connectivity index (χ3v) is 3.34. The van der Waals surface area contributed by atoms with E-state index in [4.69, 9.17) is 4.74 Å². The van der Waals surface area contributed by atoms with Crippen LogP contribution >= 0.6 is 0 Å². The number of carbonyl (C=O) groups excluding carboxylic acids is 1. The molecule has 0 unspecified atom stereocenters. The highest BCUT2D eigenvalue weighted by Crippen LogP contribution is 2.12. The van der Waals surface area contributed by atoms with Gasteiger partial charge < -0.3 is 15.4 Å². The van der Waals surface area contributed by atoms with Gasteiger partial charge in [0.25, 0.3) is 0 Å². The number of amides is 1. The summed E-state index contributed by atoms with van der Waals surface area (Å²) in [6, 6.07) is 9.92. The number of ether oxygens (including phenoxy) is 1. The van der Waals surface area contributed by atoms with Crippen molar-refractivity contribution < 1.29 is 9.53 Å². The molecule has 98 valence electrons. The fourth-order valence-corrected chi connectivity index (χ4v) is 2.06. The van der Waals surface area contributed by atoms with Crippen LogP contribution in [0.15, 0.2) is 30.3 Å². The van der Waals surface area contributed by atoms with Crippen molar-refractivity contribution in [3.63, 3.8) is 0 Å². The Hall–Kier alpha value is -1.55. The summed E-state index contributed by atoms with van der Waals surface area (Å²) in [6.45, 7) is 4.38. The van der Waals surface area contributed by atoms with E-state index in [0.717, 1.165) is 25.1 Å². The van der Waals surface area contributed by atoms with E-state index < -0.39 is 0 Å². The number of nitrogens with one attached hydrogen (secondary N) is 2. The predicted octanol–water partition coefficient (Wildman–Crippen LogP) is 1.91. The van der Waals surface area contributed by atoms with Crippen molar-refractivity contribution >= 4 is 6.09 Å². The van der Waals surface area contributed by atoms with Crippen LogP contribution in [-0.2, 0) is 11.3 Å². The Balaban J connectivity index is 1.74. The lowest BCUT2D eigenvalue weighted by Crippen LogP contribution is -2.54. The Morgan fingerprint density at radius 3 is 2.72 bits per heavy atom. The van der Waals surface area contributed by atoms with Gasteiger partial charge >= 0.3 is 6.09 Å². The first kappa shape index (κ1) is 12.9. The molecule has 1 aliphatic rings. The van der Waals surface area contributed by atoms with Crippen LogP contribution in [0.5, 0.6) is 0 Å². The molecule has 2 rings (SSSR count). The van der Waals surface area contributed by atoms with Crippen LogP contribution in [0.25, 0.3) is 0 Å². The van der Waals surface area contributed by atoms with Gasteiger partial charge in [0.15, 0.2) is 0 Å². The summed E-state index contributed by atoms with van der Waals surface area (Å²) in [5.41, 5.74) is 1.01. The summed E-state index contributed by atoms with van der Waals surface area (Å²) in [7, 11) is 0. The SMILES string of the molecule is CC[C@H](NC(=O)OCc1ccccc1)C1CNC1. The van der Waals surface area contributed by atoms with Crippen LogP contribution in [0.3, 0.4) is 0 Å². The second kappa shape index (κ2) is 6.40. The molecule has 2 N–H and O–H groups in total. The van der Waals surface area contributed by atoms with Crippen molar-refractivity contribution in [2.45, 2.75) is 26.0 Å². The Bertz CT molecular complexity index is 377. The van der Waals surface area contributed by atoms with Crippen LogP contribution in [0.4, 0.5) is 4.79 Å². The molecule has 1 aromatic carbocycles. The first-order chi connectivity index (χ1) is 8.79. The van der Waals surface area contributed by atoms with Crippen LogP contribution in [0.2, 0.25) is 0 Å². The third kappa shape index (κ3) is 3.47. The van der Waals surface area contributed by atoms with Gasteiger partial charge in [-0.05, 0) is 12.0 Å². The van der Waals surface area contributed by atoms with Gasteiger partial charge in [0.1, 0.15) is 6.61 Å². The number of benzene rings is 1. The van der Waals surface area contributed by atoms with Crippen molar-refractivity contribution in [3.05, 3.63) is 35.9 Å². The smallest absolute Gasteiger partial charge is 0.407 e. The highest BCUT2D eigenvalue weighted by atomic mass is 16.5. The summed E-state index contributed by atoms with van der Waals surface area (Å²) >= 11 is 0. The first-order valence-electron chi connectivity index (χ1n) is 6.47. The summed E-state index contributed by atoms with van der Waals surface area (Å²) in [4.78, 5) is 11.7. The van der Waals surface area contributed by atoms with E-state index in [9.17, 15) is 4.79 Å². The van der Waals surface area contributed by atoms with Crippen molar-refractivity contribution in [2.75, 3.05) is 13.1 Å². The summed E-state index contributed by atoms with van der Waals surface area (Å²) in [5.74, 6) is 0.541. The molecule has 1 aromatic rings. The monoisotopic (exact) mass is 248 g/mol. The maximum absolute atomic E-state index is 11.7. The van der Waals surface area contributed by atoms with Gasteiger partial charge in [-0.25, -0.2) is 4.79 Å². The number of hydrogen-bond donors (Lipinski definition) is 2. The van der Waals surface area contributed by atoms with Crippen LogP contribution in [0, 0.1) is 5.92 Å². The lowest BCUT2D eigenvalue weighted by Gasteiger charge is -2.34. The average molecular weight is 248 g/mol. The molecule has 0 radical (unpaired) electrons. The number of rotatable bonds is 5. The molecule has 4 nitrogen and oxygen atoms in total. The zero-order valence-corrected chi connectivity index (χ0v) is 10.7. The first-order valence-corrected chi connectivity index (χ1v) is 6.47. The number of carbonyl (C=O) groups is 1. The van der Waals surface area contributed by atoms with Gasteiger partial charge in [0.05, 0.1) is 0 Å². The lowest BCUT2D eigenvalue weighted by atomic mass is 9.92. The van der Waals surface area contributed by atoms with Gasteiger partial charge in [0.2, 0.25) is 0 Å². The van der Waals surface area contributed by atoms with Gasteiger partial charge in [0, 0.05) is 25.0 Å². The van der Waals surface area contributed by atoms with Crippen LogP contribution < -0.4 is 10.6 Å². The van der Waals surface area contributed by atoms with E-state index in [-0.39, 0.29) is 12.1 Å². The molecule has 0 aliphatic carbocycles. The van der Waals surface area contributed by atoms with E-state index >= 15 is 0 Å². The molecule has 1 heterocycles. The Labute approximate surface area is 108 Å². The standard InChI is InChI=1S/C14H20N2O2/c1-2-13(12-8-15-9-12)16-14(17)18-10-11-6-4-3-5-7-11/h3-7,12-13,15H,2,8-10H2,1H3,(H,16,17)/t13-/m0/s1. The van der Waals surface area contributed by atoms with Crippen LogP contribution in [0.1, 0.15) is 18.9 Å². The van der Waals surface area contributed by atoms with Gasteiger partial charge in [-0.2, -0.15) is 0 Å². The Morgan fingerprint density at radius 1 is 1.44 bits per heavy atom. The topological polar surface area (TPSA) is 50.4 Å². The molecule has 1 saturated heterocycles. The molecule has 1 atom stereocenters. The van der Waals surface area contributed by atoms with Crippen molar-refractivity contribution in [2.24, 2.45) is 5.92 Å². The largest absolute Gasteiger partial charge is 0.445 e. The molecule has 18 heavy (non-hydrogen) atoms. The normalized spacial score (nSPS) is 16.7. The third-order valence-electron chi connectivity index (χ3n) is 3.34. The summed E-state index contributed by atoms with van der Waals surface area (Å²) < 4.78 is 5.21. The quantitative estimate of drug-likeness (QED) is 0.837. The molecule has 1 aliphatic heterocycles. The Kier molecular flexibility index (Phi) is 4.59. The molecule has 0 saturated carbocycles. The molecule has 0 spiro atoms. The maximum Gasteiger partial charge on any atom is 0.407 e.